The molecule has 3 unspecified atom stereocenters. The van der Waals surface area contributed by atoms with Crippen molar-refractivity contribution in [3.63, 3.8) is 0 Å². The van der Waals surface area contributed by atoms with Crippen LogP contribution in [0.3, 0.4) is 0 Å². The van der Waals surface area contributed by atoms with Crippen molar-refractivity contribution in [3.05, 3.63) is 46.7 Å². The van der Waals surface area contributed by atoms with Crippen LogP contribution in [0.1, 0.15) is 23.2 Å². The molecule has 1 saturated heterocycles. The summed E-state index contributed by atoms with van der Waals surface area (Å²) in [5, 5.41) is 4.33. The van der Waals surface area contributed by atoms with E-state index in [1.54, 1.807) is 17.1 Å². The topological polar surface area (TPSA) is 64.2 Å². The lowest BCUT2D eigenvalue weighted by molar-refractivity contribution is 0.0779. The molecule has 1 aromatic carbocycles. The van der Waals surface area contributed by atoms with E-state index in [9.17, 15) is 4.79 Å². The van der Waals surface area contributed by atoms with Crippen LogP contribution in [-0.4, -0.2) is 39.7 Å². The van der Waals surface area contributed by atoms with E-state index in [-0.39, 0.29) is 24.4 Å². The highest BCUT2D eigenvalue weighted by atomic mass is 79.9. The van der Waals surface area contributed by atoms with Gasteiger partial charge in [0.15, 0.2) is 0 Å². The fraction of sp³-hybridized carbons (Fsp3) is 0.412. The minimum Gasteiger partial charge on any atom is -0.338 e. The normalized spacial score (nSPS) is 25.4. The number of halogens is 2. The van der Waals surface area contributed by atoms with Gasteiger partial charge in [0, 0.05) is 29.8 Å². The maximum absolute atomic E-state index is 12.7. The zero-order valence-electron chi connectivity index (χ0n) is 13.1. The quantitative estimate of drug-likeness (QED) is 0.826. The summed E-state index contributed by atoms with van der Waals surface area (Å²) in [5.41, 5.74) is 7.72. The second-order valence-electron chi connectivity index (χ2n) is 6.53. The Hall–Kier alpha value is -1.37. The second-order valence-corrected chi connectivity index (χ2v) is 7.44. The average molecular weight is 412 g/mol. The fourth-order valence-corrected chi connectivity index (χ4v) is 4.24. The van der Waals surface area contributed by atoms with Gasteiger partial charge in [0.1, 0.15) is 0 Å². The lowest BCUT2D eigenvalue weighted by Gasteiger charge is -2.17. The smallest absolute Gasteiger partial charge is 0.257 e. The largest absolute Gasteiger partial charge is 0.338 e. The number of nitrogens with two attached hydrogens (primary N) is 1. The van der Waals surface area contributed by atoms with Gasteiger partial charge in [0.25, 0.3) is 5.91 Å². The Kier molecular flexibility index (Phi) is 4.99. The third kappa shape index (κ3) is 3.10. The van der Waals surface area contributed by atoms with Crippen LogP contribution < -0.4 is 5.73 Å². The Morgan fingerprint density at radius 3 is 2.88 bits per heavy atom. The van der Waals surface area contributed by atoms with Gasteiger partial charge in [0.05, 0.1) is 17.4 Å². The van der Waals surface area contributed by atoms with Crippen LogP contribution in [-0.2, 0) is 0 Å². The van der Waals surface area contributed by atoms with Crippen LogP contribution in [0.15, 0.2) is 41.1 Å². The van der Waals surface area contributed by atoms with E-state index in [1.807, 2.05) is 29.2 Å². The highest BCUT2D eigenvalue weighted by Gasteiger charge is 2.42. The zero-order chi connectivity index (χ0) is 16.0. The molecule has 1 aliphatic heterocycles. The number of hydrogen-bond acceptors (Lipinski definition) is 3. The van der Waals surface area contributed by atoms with Crippen molar-refractivity contribution in [3.8, 4) is 5.69 Å². The maximum Gasteiger partial charge on any atom is 0.257 e. The van der Waals surface area contributed by atoms with Gasteiger partial charge in [-0.25, -0.2) is 4.68 Å². The van der Waals surface area contributed by atoms with E-state index < -0.39 is 0 Å². The third-order valence-electron chi connectivity index (χ3n) is 5.10. The van der Waals surface area contributed by atoms with Crippen LogP contribution in [0, 0.1) is 11.8 Å². The molecule has 2 aliphatic rings. The third-order valence-corrected chi connectivity index (χ3v) is 5.60. The first-order chi connectivity index (χ1) is 11.1. The molecular formula is C17H20BrClN4O. The fourth-order valence-electron chi connectivity index (χ4n) is 3.85. The van der Waals surface area contributed by atoms with Crippen LogP contribution >= 0.6 is 28.3 Å². The molecule has 24 heavy (non-hydrogen) atoms. The minimum absolute atomic E-state index is 0. The van der Waals surface area contributed by atoms with Gasteiger partial charge in [-0.1, -0.05) is 22.0 Å². The van der Waals surface area contributed by atoms with Crippen LogP contribution in [0.2, 0.25) is 0 Å². The molecule has 0 radical (unpaired) electrons. The lowest BCUT2D eigenvalue weighted by atomic mass is 9.98. The summed E-state index contributed by atoms with van der Waals surface area (Å²) < 4.78 is 2.72. The lowest BCUT2D eigenvalue weighted by Crippen LogP contribution is -2.33. The zero-order valence-corrected chi connectivity index (χ0v) is 15.5. The molecule has 2 aromatic rings. The van der Waals surface area contributed by atoms with E-state index in [0.717, 1.165) is 36.1 Å². The van der Waals surface area contributed by atoms with Gasteiger partial charge in [-0.05, 0) is 42.9 Å². The Labute approximate surface area is 155 Å². The Bertz CT molecular complexity index is 750. The van der Waals surface area contributed by atoms with Crippen molar-refractivity contribution < 1.29 is 4.79 Å². The first kappa shape index (κ1) is 17.5. The first-order valence-electron chi connectivity index (χ1n) is 7.97. The number of fused-ring (bicyclic) bond motifs is 1. The van der Waals surface area contributed by atoms with Gasteiger partial charge in [-0.2, -0.15) is 5.10 Å². The number of benzene rings is 1. The number of nitrogens with zero attached hydrogens (tertiary/aromatic N) is 3. The molecule has 2 fully saturated rings. The molecule has 128 valence electrons. The predicted octanol–water partition coefficient (Wildman–Crippen LogP) is 2.87. The predicted molar refractivity (Wildman–Crippen MR) is 98.6 cm³/mol. The summed E-state index contributed by atoms with van der Waals surface area (Å²) in [6, 6.07) is 8.10. The average Bonchev–Trinajstić information content (AvgIpc) is 3.24. The van der Waals surface area contributed by atoms with E-state index in [2.05, 4.69) is 21.0 Å². The number of hydrogen-bond donors (Lipinski definition) is 1. The van der Waals surface area contributed by atoms with Crippen molar-refractivity contribution in [2.45, 2.75) is 18.9 Å². The monoisotopic (exact) mass is 410 g/mol. The van der Waals surface area contributed by atoms with Gasteiger partial charge in [0.2, 0.25) is 0 Å². The van der Waals surface area contributed by atoms with E-state index in [0.29, 0.717) is 17.4 Å². The SMILES string of the molecule is Cl.NC1CCC2CN(C(=O)c3cnn(-c4cccc(Br)c4)c3)CC12. The first-order valence-corrected chi connectivity index (χ1v) is 8.76. The summed E-state index contributed by atoms with van der Waals surface area (Å²) >= 11 is 3.45. The Balaban J connectivity index is 0.00000169. The molecule has 3 atom stereocenters. The number of likely N-dealkylation sites (tertiary alicyclic amines) is 1. The van der Waals surface area contributed by atoms with Crippen LogP contribution in [0.4, 0.5) is 0 Å². The van der Waals surface area contributed by atoms with Gasteiger partial charge in [-0.3, -0.25) is 4.79 Å². The number of rotatable bonds is 2. The molecule has 4 rings (SSSR count). The molecule has 7 heteroatoms. The standard InChI is InChI=1S/C17H19BrN4O.ClH/c18-13-2-1-3-14(6-13)22-9-12(7-20-22)17(23)21-8-11-4-5-16(19)15(11)10-21;/h1-3,6-7,9,11,15-16H,4-5,8,10,19H2;1H. The molecule has 1 aliphatic carbocycles. The highest BCUT2D eigenvalue weighted by Crippen LogP contribution is 2.37. The molecule has 1 amide bonds. The van der Waals surface area contributed by atoms with Gasteiger partial charge >= 0.3 is 0 Å². The van der Waals surface area contributed by atoms with E-state index >= 15 is 0 Å². The van der Waals surface area contributed by atoms with Gasteiger partial charge < -0.3 is 10.6 Å². The van der Waals surface area contributed by atoms with Crippen molar-refractivity contribution >= 4 is 34.2 Å². The second kappa shape index (κ2) is 6.86. The molecule has 2 N–H and O–H groups in total. The maximum atomic E-state index is 12.7. The van der Waals surface area contributed by atoms with Crippen molar-refractivity contribution in [1.29, 1.82) is 0 Å². The number of aromatic nitrogens is 2. The highest BCUT2D eigenvalue weighted by molar-refractivity contribution is 9.10. The molecule has 2 heterocycles. The molecule has 0 bridgehead atoms. The molecule has 0 spiro atoms. The number of amides is 1. The van der Waals surface area contributed by atoms with E-state index in [1.165, 1.54) is 0 Å². The van der Waals surface area contributed by atoms with Crippen molar-refractivity contribution in [2.24, 2.45) is 17.6 Å². The minimum atomic E-state index is 0. The van der Waals surface area contributed by atoms with Crippen LogP contribution in [0.25, 0.3) is 5.69 Å². The summed E-state index contributed by atoms with van der Waals surface area (Å²) in [6.45, 7) is 1.62. The molecule has 1 aromatic heterocycles. The van der Waals surface area contributed by atoms with Gasteiger partial charge in [-0.15, -0.1) is 12.4 Å². The number of carbonyl (C=O) groups excluding carboxylic acids is 1. The van der Waals surface area contributed by atoms with Crippen molar-refractivity contribution in [1.82, 2.24) is 14.7 Å². The molecule has 5 nitrogen and oxygen atoms in total. The summed E-state index contributed by atoms with van der Waals surface area (Å²) in [5.74, 6) is 1.11. The Morgan fingerprint density at radius 1 is 1.29 bits per heavy atom. The summed E-state index contributed by atoms with van der Waals surface area (Å²) in [7, 11) is 0. The summed E-state index contributed by atoms with van der Waals surface area (Å²) in [4.78, 5) is 14.7. The molecule has 1 saturated carbocycles. The van der Waals surface area contributed by atoms with E-state index in [4.69, 9.17) is 5.73 Å². The van der Waals surface area contributed by atoms with Crippen LogP contribution in [0.5, 0.6) is 0 Å². The van der Waals surface area contributed by atoms with Crippen molar-refractivity contribution in [2.75, 3.05) is 13.1 Å². The Morgan fingerprint density at radius 2 is 2.12 bits per heavy atom. The number of carbonyl (C=O) groups is 1. The summed E-state index contributed by atoms with van der Waals surface area (Å²) in [6.07, 6.45) is 5.69. The molecular weight excluding hydrogens is 392 g/mol.